The van der Waals surface area contributed by atoms with E-state index in [4.69, 9.17) is 16.3 Å². The summed E-state index contributed by atoms with van der Waals surface area (Å²) in [6.07, 6.45) is 2.09. The lowest BCUT2D eigenvalue weighted by atomic mass is 9.97. The summed E-state index contributed by atoms with van der Waals surface area (Å²) in [5.41, 5.74) is -0.541. The zero-order valence-electron chi connectivity index (χ0n) is 10.9. The van der Waals surface area contributed by atoms with Gasteiger partial charge in [0, 0.05) is 0 Å². The first-order valence-corrected chi connectivity index (χ1v) is 6.72. The van der Waals surface area contributed by atoms with Crippen LogP contribution in [0, 0.1) is 5.92 Å². The summed E-state index contributed by atoms with van der Waals surface area (Å²) in [4.78, 5) is 11.8. The van der Waals surface area contributed by atoms with Crippen molar-refractivity contribution in [2.45, 2.75) is 25.3 Å². The molecule has 0 spiro atoms. The third-order valence-electron chi connectivity index (χ3n) is 3.43. The number of rotatable bonds is 6. The summed E-state index contributed by atoms with van der Waals surface area (Å²) in [6.45, 7) is 1.69. The highest BCUT2D eigenvalue weighted by Gasteiger charge is 2.42. The van der Waals surface area contributed by atoms with Gasteiger partial charge in [0.2, 0.25) is 0 Å². The molecule has 0 saturated heterocycles. The van der Waals surface area contributed by atoms with Crippen molar-refractivity contribution in [2.75, 3.05) is 13.2 Å². The van der Waals surface area contributed by atoms with Crippen LogP contribution < -0.4 is 10.1 Å². The van der Waals surface area contributed by atoms with Crippen LogP contribution in [0.25, 0.3) is 0 Å². The largest absolute Gasteiger partial charge is 0.482 e. The Kier molecular flexibility index (Phi) is 4.32. The number of benzene rings is 1. The summed E-state index contributed by atoms with van der Waals surface area (Å²) < 4.78 is 5.36. The smallest absolute Gasteiger partial charge is 0.258 e. The molecule has 19 heavy (non-hydrogen) atoms. The average molecular weight is 284 g/mol. The number of ether oxygens (including phenoxy) is 1. The zero-order chi connectivity index (χ0) is 13.9. The van der Waals surface area contributed by atoms with Crippen LogP contribution in [0.3, 0.4) is 0 Å². The second kappa shape index (κ2) is 5.80. The van der Waals surface area contributed by atoms with Gasteiger partial charge < -0.3 is 15.2 Å². The van der Waals surface area contributed by atoms with Crippen molar-refractivity contribution in [3.63, 3.8) is 0 Å². The number of halogens is 1. The molecule has 0 radical (unpaired) electrons. The van der Waals surface area contributed by atoms with Gasteiger partial charge in [-0.3, -0.25) is 4.79 Å². The molecule has 1 atom stereocenters. The topological polar surface area (TPSA) is 58.6 Å². The van der Waals surface area contributed by atoms with Gasteiger partial charge in [0.1, 0.15) is 5.75 Å². The summed E-state index contributed by atoms with van der Waals surface area (Å²) >= 11 is 5.93. The van der Waals surface area contributed by atoms with Crippen molar-refractivity contribution in [2.24, 2.45) is 5.92 Å². The van der Waals surface area contributed by atoms with Crippen LogP contribution >= 0.6 is 11.6 Å². The molecule has 1 fully saturated rings. The lowest BCUT2D eigenvalue weighted by molar-refractivity contribution is -0.125. The molecule has 104 valence electrons. The molecule has 0 heterocycles. The molecule has 0 aromatic heterocycles. The number of aliphatic hydroxyl groups excluding tert-OH is 1. The molecule has 4 nitrogen and oxygen atoms in total. The Morgan fingerprint density at radius 3 is 2.79 bits per heavy atom. The number of aliphatic hydroxyl groups is 1. The maximum atomic E-state index is 11.8. The lowest BCUT2D eigenvalue weighted by Gasteiger charge is -2.28. The van der Waals surface area contributed by atoms with Crippen molar-refractivity contribution < 1.29 is 14.6 Å². The fourth-order valence-corrected chi connectivity index (χ4v) is 2.24. The van der Waals surface area contributed by atoms with Crippen molar-refractivity contribution in [1.82, 2.24) is 5.32 Å². The van der Waals surface area contributed by atoms with Crippen LogP contribution in [-0.4, -0.2) is 29.8 Å². The molecule has 1 amide bonds. The number of hydrogen-bond donors (Lipinski definition) is 2. The fraction of sp³-hybridized carbons (Fsp3) is 0.500. The van der Waals surface area contributed by atoms with Crippen LogP contribution in [0.4, 0.5) is 0 Å². The van der Waals surface area contributed by atoms with E-state index < -0.39 is 5.54 Å². The Bertz CT molecular complexity index is 462. The number of nitrogens with one attached hydrogen (secondary N) is 1. The van der Waals surface area contributed by atoms with Gasteiger partial charge in [-0.15, -0.1) is 0 Å². The Hall–Kier alpha value is -1.26. The maximum absolute atomic E-state index is 11.8. The number of amides is 1. The molecule has 1 aromatic rings. The number of carbonyl (C=O) groups is 1. The first-order chi connectivity index (χ1) is 9.05. The number of hydrogen-bond acceptors (Lipinski definition) is 3. The molecule has 0 aliphatic heterocycles. The second-order valence-corrected chi connectivity index (χ2v) is 5.52. The molecule has 1 aliphatic carbocycles. The predicted octanol–water partition coefficient (Wildman–Crippen LogP) is 2.00. The number of para-hydroxylation sites is 1. The molecular weight excluding hydrogens is 266 g/mol. The Balaban J connectivity index is 1.86. The molecule has 1 aromatic carbocycles. The van der Waals surface area contributed by atoms with Gasteiger partial charge in [-0.1, -0.05) is 23.7 Å². The van der Waals surface area contributed by atoms with Crippen LogP contribution in [-0.2, 0) is 4.79 Å². The van der Waals surface area contributed by atoms with E-state index in [0.29, 0.717) is 16.7 Å². The normalized spacial score (nSPS) is 17.6. The van der Waals surface area contributed by atoms with Gasteiger partial charge in [-0.2, -0.15) is 0 Å². The molecule has 1 unspecified atom stereocenters. The second-order valence-electron chi connectivity index (χ2n) is 5.12. The van der Waals surface area contributed by atoms with E-state index in [1.54, 1.807) is 24.3 Å². The van der Waals surface area contributed by atoms with Crippen LogP contribution in [0.5, 0.6) is 5.75 Å². The molecule has 1 saturated carbocycles. The van der Waals surface area contributed by atoms with Gasteiger partial charge >= 0.3 is 0 Å². The summed E-state index contributed by atoms with van der Waals surface area (Å²) in [5, 5.41) is 12.7. The standard InChI is InChI=1S/C14H18ClNO3/c1-14(9-17,10-6-7-10)16-13(18)8-19-12-5-3-2-4-11(12)15/h2-5,10,17H,6-9H2,1H3,(H,16,18). The minimum Gasteiger partial charge on any atom is -0.482 e. The summed E-state index contributed by atoms with van der Waals surface area (Å²) in [5.74, 6) is 0.599. The Morgan fingerprint density at radius 2 is 2.21 bits per heavy atom. The maximum Gasteiger partial charge on any atom is 0.258 e. The average Bonchev–Trinajstić information content (AvgIpc) is 3.22. The third kappa shape index (κ3) is 3.61. The van der Waals surface area contributed by atoms with Gasteiger partial charge in [-0.25, -0.2) is 0 Å². The number of carbonyl (C=O) groups excluding carboxylic acids is 1. The molecule has 2 rings (SSSR count). The summed E-state index contributed by atoms with van der Waals surface area (Å²) in [6, 6.07) is 7.00. The Labute approximate surface area is 117 Å². The van der Waals surface area contributed by atoms with E-state index in [1.165, 1.54) is 0 Å². The third-order valence-corrected chi connectivity index (χ3v) is 3.74. The molecule has 5 heteroatoms. The quantitative estimate of drug-likeness (QED) is 0.839. The van der Waals surface area contributed by atoms with E-state index in [1.807, 2.05) is 6.92 Å². The fourth-order valence-electron chi connectivity index (χ4n) is 2.05. The van der Waals surface area contributed by atoms with E-state index >= 15 is 0 Å². The van der Waals surface area contributed by atoms with Crippen molar-refractivity contribution in [3.8, 4) is 5.75 Å². The van der Waals surface area contributed by atoms with E-state index in [9.17, 15) is 9.90 Å². The van der Waals surface area contributed by atoms with Gasteiger partial charge in [-0.05, 0) is 37.8 Å². The van der Waals surface area contributed by atoms with E-state index in [2.05, 4.69) is 5.32 Å². The Morgan fingerprint density at radius 1 is 1.53 bits per heavy atom. The first-order valence-electron chi connectivity index (χ1n) is 6.34. The first kappa shape index (κ1) is 14.2. The SMILES string of the molecule is CC(CO)(NC(=O)COc1ccccc1Cl)C1CC1. The minimum atomic E-state index is -0.541. The molecule has 1 aliphatic rings. The van der Waals surface area contributed by atoms with Crippen molar-refractivity contribution >= 4 is 17.5 Å². The lowest BCUT2D eigenvalue weighted by Crippen LogP contribution is -2.52. The zero-order valence-corrected chi connectivity index (χ0v) is 11.6. The molecular formula is C14H18ClNO3. The summed E-state index contributed by atoms with van der Waals surface area (Å²) in [7, 11) is 0. The van der Waals surface area contributed by atoms with Crippen LogP contribution in [0.15, 0.2) is 24.3 Å². The van der Waals surface area contributed by atoms with E-state index in [0.717, 1.165) is 12.8 Å². The highest BCUT2D eigenvalue weighted by atomic mass is 35.5. The van der Waals surface area contributed by atoms with Crippen molar-refractivity contribution in [1.29, 1.82) is 0 Å². The van der Waals surface area contributed by atoms with Gasteiger partial charge in [0.15, 0.2) is 6.61 Å². The van der Waals surface area contributed by atoms with E-state index in [-0.39, 0.29) is 19.1 Å². The monoisotopic (exact) mass is 283 g/mol. The van der Waals surface area contributed by atoms with Crippen molar-refractivity contribution in [3.05, 3.63) is 29.3 Å². The predicted molar refractivity (Wildman–Crippen MR) is 73.3 cm³/mol. The highest BCUT2D eigenvalue weighted by molar-refractivity contribution is 6.32. The minimum absolute atomic E-state index is 0.0600. The molecule has 2 N–H and O–H groups in total. The highest BCUT2D eigenvalue weighted by Crippen LogP contribution is 2.39. The van der Waals surface area contributed by atoms with Crippen LogP contribution in [0.2, 0.25) is 5.02 Å². The van der Waals surface area contributed by atoms with Gasteiger partial charge in [0.25, 0.3) is 5.91 Å². The van der Waals surface area contributed by atoms with Crippen LogP contribution in [0.1, 0.15) is 19.8 Å². The molecule has 0 bridgehead atoms. The van der Waals surface area contributed by atoms with Gasteiger partial charge in [0.05, 0.1) is 17.2 Å².